The summed E-state index contributed by atoms with van der Waals surface area (Å²) in [7, 11) is 0. The Morgan fingerprint density at radius 3 is 2.79 bits per heavy atom. The lowest BCUT2D eigenvalue weighted by atomic mass is 10.2. The van der Waals surface area contributed by atoms with Crippen LogP contribution in [0.1, 0.15) is 10.5 Å². The molecular formula is C9H6N2O3. The predicted molar refractivity (Wildman–Crippen MR) is 48.2 cm³/mol. The van der Waals surface area contributed by atoms with E-state index in [4.69, 9.17) is 5.11 Å². The van der Waals surface area contributed by atoms with Crippen LogP contribution in [0.3, 0.4) is 0 Å². The van der Waals surface area contributed by atoms with Crippen molar-refractivity contribution in [2.24, 2.45) is 0 Å². The summed E-state index contributed by atoms with van der Waals surface area (Å²) in [5.41, 5.74) is 0.144. The van der Waals surface area contributed by atoms with Gasteiger partial charge in [0.05, 0.1) is 0 Å². The van der Waals surface area contributed by atoms with Crippen molar-refractivity contribution in [3.8, 4) is 5.75 Å². The second-order valence-corrected chi connectivity index (χ2v) is 2.70. The number of aromatic carboxylic acids is 1. The Labute approximate surface area is 78.7 Å². The van der Waals surface area contributed by atoms with Gasteiger partial charge in [0.1, 0.15) is 17.6 Å². The van der Waals surface area contributed by atoms with Crippen LogP contribution in [-0.4, -0.2) is 26.2 Å². The molecule has 14 heavy (non-hydrogen) atoms. The van der Waals surface area contributed by atoms with E-state index in [-0.39, 0.29) is 17.0 Å². The lowest BCUT2D eigenvalue weighted by Gasteiger charge is -2.01. The number of para-hydroxylation sites is 1. The largest absolute Gasteiger partial charge is 0.506 e. The Bertz CT molecular complexity index is 510. The molecule has 2 N–H and O–H groups in total. The summed E-state index contributed by atoms with van der Waals surface area (Å²) in [6, 6.07) is 4.55. The van der Waals surface area contributed by atoms with E-state index < -0.39 is 5.97 Å². The summed E-state index contributed by atoms with van der Waals surface area (Å²) in [4.78, 5) is 18.2. The molecule has 1 aromatic carbocycles. The van der Waals surface area contributed by atoms with Crippen molar-refractivity contribution in [2.75, 3.05) is 0 Å². The molecule has 0 aliphatic carbocycles. The standard InChI is InChI=1S/C9H6N2O3/c12-6-3-1-2-5-7(6)10-4-11-8(5)9(13)14/h1-4,12H,(H,13,14). The summed E-state index contributed by atoms with van der Waals surface area (Å²) in [6.07, 6.45) is 1.12. The lowest BCUT2D eigenvalue weighted by Crippen LogP contribution is -2.01. The number of nitrogens with zero attached hydrogens (tertiary/aromatic N) is 2. The minimum atomic E-state index is -1.14. The topological polar surface area (TPSA) is 83.3 Å². The Morgan fingerprint density at radius 1 is 1.29 bits per heavy atom. The van der Waals surface area contributed by atoms with Gasteiger partial charge in [-0.2, -0.15) is 0 Å². The second kappa shape index (κ2) is 2.95. The zero-order valence-electron chi connectivity index (χ0n) is 7.01. The van der Waals surface area contributed by atoms with Gasteiger partial charge in [-0.05, 0) is 6.07 Å². The van der Waals surface area contributed by atoms with Gasteiger partial charge in [0.25, 0.3) is 0 Å². The van der Waals surface area contributed by atoms with Gasteiger partial charge < -0.3 is 10.2 Å². The number of phenolic OH excluding ortho intramolecular Hbond substituents is 1. The Balaban J connectivity index is 2.88. The van der Waals surface area contributed by atoms with Crippen LogP contribution in [0.4, 0.5) is 0 Å². The molecule has 5 nitrogen and oxygen atoms in total. The van der Waals surface area contributed by atoms with Gasteiger partial charge in [0, 0.05) is 5.39 Å². The van der Waals surface area contributed by atoms with E-state index in [0.717, 1.165) is 6.33 Å². The first-order valence-corrected chi connectivity index (χ1v) is 3.86. The van der Waals surface area contributed by atoms with E-state index in [9.17, 15) is 9.90 Å². The van der Waals surface area contributed by atoms with Crippen molar-refractivity contribution in [3.05, 3.63) is 30.2 Å². The maximum atomic E-state index is 10.8. The third-order valence-corrected chi connectivity index (χ3v) is 1.85. The number of aromatic hydroxyl groups is 1. The van der Waals surface area contributed by atoms with Crippen molar-refractivity contribution in [3.63, 3.8) is 0 Å². The van der Waals surface area contributed by atoms with Gasteiger partial charge in [0.15, 0.2) is 5.69 Å². The Morgan fingerprint density at radius 2 is 2.07 bits per heavy atom. The van der Waals surface area contributed by atoms with Gasteiger partial charge in [-0.1, -0.05) is 12.1 Å². The molecule has 0 bridgehead atoms. The highest BCUT2D eigenvalue weighted by Gasteiger charge is 2.11. The highest BCUT2D eigenvalue weighted by molar-refractivity contribution is 6.01. The number of phenols is 1. The predicted octanol–water partition coefficient (Wildman–Crippen LogP) is 1.03. The molecule has 0 aliphatic rings. The molecule has 0 aliphatic heterocycles. The van der Waals surface area contributed by atoms with Gasteiger partial charge in [-0.15, -0.1) is 0 Å². The number of hydrogen-bond acceptors (Lipinski definition) is 4. The maximum Gasteiger partial charge on any atom is 0.355 e. The monoisotopic (exact) mass is 190 g/mol. The van der Waals surface area contributed by atoms with Crippen LogP contribution in [0.5, 0.6) is 5.75 Å². The summed E-state index contributed by atoms with van der Waals surface area (Å²) in [6.45, 7) is 0. The fourth-order valence-corrected chi connectivity index (χ4v) is 1.24. The Kier molecular flexibility index (Phi) is 1.78. The highest BCUT2D eigenvalue weighted by Crippen LogP contribution is 2.23. The van der Waals surface area contributed by atoms with E-state index in [0.29, 0.717) is 5.39 Å². The maximum absolute atomic E-state index is 10.8. The van der Waals surface area contributed by atoms with E-state index in [1.807, 2.05) is 0 Å². The smallest absolute Gasteiger partial charge is 0.355 e. The molecular weight excluding hydrogens is 184 g/mol. The van der Waals surface area contributed by atoms with E-state index in [2.05, 4.69) is 9.97 Å². The van der Waals surface area contributed by atoms with Crippen molar-refractivity contribution in [1.29, 1.82) is 0 Å². The molecule has 0 atom stereocenters. The van der Waals surface area contributed by atoms with Crippen LogP contribution in [0.25, 0.3) is 10.9 Å². The normalized spacial score (nSPS) is 10.3. The third kappa shape index (κ3) is 1.15. The average Bonchev–Trinajstić information content (AvgIpc) is 2.17. The van der Waals surface area contributed by atoms with Crippen molar-refractivity contribution in [2.45, 2.75) is 0 Å². The van der Waals surface area contributed by atoms with Crippen molar-refractivity contribution >= 4 is 16.9 Å². The summed E-state index contributed by atoms with van der Waals surface area (Å²) >= 11 is 0. The molecule has 0 spiro atoms. The molecule has 0 unspecified atom stereocenters. The number of carboxylic acid groups (broad SMARTS) is 1. The molecule has 0 saturated heterocycles. The van der Waals surface area contributed by atoms with Gasteiger partial charge in [-0.25, -0.2) is 14.8 Å². The number of fused-ring (bicyclic) bond motifs is 1. The molecule has 0 amide bonds. The van der Waals surface area contributed by atoms with Crippen LogP contribution < -0.4 is 0 Å². The van der Waals surface area contributed by atoms with Crippen LogP contribution in [0.15, 0.2) is 24.5 Å². The fourth-order valence-electron chi connectivity index (χ4n) is 1.24. The van der Waals surface area contributed by atoms with Crippen molar-refractivity contribution < 1.29 is 15.0 Å². The SMILES string of the molecule is O=C(O)c1ncnc2c(O)cccc12. The van der Waals surface area contributed by atoms with Gasteiger partial charge >= 0.3 is 5.97 Å². The molecule has 2 rings (SSSR count). The lowest BCUT2D eigenvalue weighted by molar-refractivity contribution is 0.0692. The second-order valence-electron chi connectivity index (χ2n) is 2.70. The molecule has 0 saturated carbocycles. The van der Waals surface area contributed by atoms with Gasteiger partial charge in [0.2, 0.25) is 0 Å². The molecule has 1 aromatic heterocycles. The molecule has 5 heteroatoms. The number of benzene rings is 1. The first kappa shape index (κ1) is 8.43. The van der Waals surface area contributed by atoms with Crippen LogP contribution in [0, 0.1) is 0 Å². The van der Waals surface area contributed by atoms with E-state index in [1.54, 1.807) is 12.1 Å². The molecule has 0 fully saturated rings. The zero-order valence-corrected chi connectivity index (χ0v) is 7.01. The average molecular weight is 190 g/mol. The number of carbonyl (C=O) groups is 1. The third-order valence-electron chi connectivity index (χ3n) is 1.85. The van der Waals surface area contributed by atoms with Crippen molar-refractivity contribution in [1.82, 2.24) is 9.97 Å². The Hall–Kier alpha value is -2.17. The van der Waals surface area contributed by atoms with Crippen LogP contribution >= 0.6 is 0 Å². The minimum absolute atomic E-state index is 0.0487. The fraction of sp³-hybridized carbons (Fsp3) is 0. The molecule has 1 heterocycles. The summed E-state index contributed by atoms with van der Waals surface area (Å²) < 4.78 is 0. The van der Waals surface area contributed by atoms with Crippen LogP contribution in [-0.2, 0) is 0 Å². The van der Waals surface area contributed by atoms with Crippen LogP contribution in [0.2, 0.25) is 0 Å². The first-order valence-electron chi connectivity index (χ1n) is 3.86. The number of rotatable bonds is 1. The zero-order chi connectivity index (χ0) is 10.1. The summed E-state index contributed by atoms with van der Waals surface area (Å²) in [5.74, 6) is -1.18. The quantitative estimate of drug-likeness (QED) is 0.701. The molecule has 70 valence electrons. The molecule has 2 aromatic rings. The number of aromatic nitrogens is 2. The van der Waals surface area contributed by atoms with E-state index >= 15 is 0 Å². The minimum Gasteiger partial charge on any atom is -0.506 e. The highest BCUT2D eigenvalue weighted by atomic mass is 16.4. The molecule has 0 radical (unpaired) electrons. The first-order chi connectivity index (χ1) is 6.70. The summed E-state index contributed by atoms with van der Waals surface area (Å²) in [5, 5.41) is 18.5. The van der Waals surface area contributed by atoms with E-state index in [1.165, 1.54) is 6.07 Å². The van der Waals surface area contributed by atoms with Gasteiger partial charge in [-0.3, -0.25) is 0 Å². The number of hydrogen-bond donors (Lipinski definition) is 2. The number of carboxylic acids is 1.